The van der Waals surface area contributed by atoms with E-state index in [0.29, 0.717) is 17.1 Å². The number of rotatable bonds is 7. The molecule has 0 atom stereocenters. The van der Waals surface area contributed by atoms with Gasteiger partial charge < -0.3 is 9.73 Å². The summed E-state index contributed by atoms with van der Waals surface area (Å²) in [6.07, 6.45) is 2.99. The van der Waals surface area contributed by atoms with Crippen molar-refractivity contribution in [2.24, 2.45) is 5.10 Å². The van der Waals surface area contributed by atoms with Gasteiger partial charge in [0, 0.05) is 15.6 Å². The van der Waals surface area contributed by atoms with Crippen molar-refractivity contribution in [1.82, 2.24) is 10.7 Å². The minimum Gasteiger partial charge on any atom is -0.455 e. The minimum absolute atomic E-state index is 0.0622. The van der Waals surface area contributed by atoms with Gasteiger partial charge in [-0.3, -0.25) is 9.59 Å². The SMILES string of the molecule is O=C(NN=Cc1ccc(-c2ccc(Br)cc2)o1)/C(=C\c1ccccc1)NC(=O)c1ccccc1. The van der Waals surface area contributed by atoms with E-state index in [1.54, 1.807) is 36.4 Å². The second-order valence-corrected chi connectivity index (χ2v) is 8.11. The summed E-state index contributed by atoms with van der Waals surface area (Å²) in [5.41, 5.74) is 4.63. The van der Waals surface area contributed by atoms with Crippen molar-refractivity contribution >= 4 is 40.0 Å². The van der Waals surface area contributed by atoms with E-state index in [1.807, 2.05) is 66.7 Å². The first-order valence-corrected chi connectivity index (χ1v) is 11.2. The van der Waals surface area contributed by atoms with Gasteiger partial charge in [0.05, 0.1) is 6.21 Å². The van der Waals surface area contributed by atoms with Crippen molar-refractivity contribution in [3.05, 3.63) is 124 Å². The molecular weight excluding hydrogens is 494 g/mol. The van der Waals surface area contributed by atoms with Crippen LogP contribution in [0.5, 0.6) is 0 Å². The third kappa shape index (κ3) is 6.17. The lowest BCUT2D eigenvalue weighted by molar-refractivity contribution is -0.117. The van der Waals surface area contributed by atoms with Gasteiger partial charge in [0.25, 0.3) is 11.8 Å². The van der Waals surface area contributed by atoms with Crippen LogP contribution < -0.4 is 10.7 Å². The molecule has 0 radical (unpaired) electrons. The van der Waals surface area contributed by atoms with Crippen molar-refractivity contribution in [2.45, 2.75) is 0 Å². The Morgan fingerprint density at radius 3 is 2.21 bits per heavy atom. The number of furan rings is 1. The number of hydrogen-bond donors (Lipinski definition) is 2. The lowest BCUT2D eigenvalue weighted by Crippen LogP contribution is -2.32. The third-order valence-electron chi connectivity index (χ3n) is 4.75. The summed E-state index contributed by atoms with van der Waals surface area (Å²) >= 11 is 3.41. The normalized spacial score (nSPS) is 11.4. The lowest BCUT2D eigenvalue weighted by Gasteiger charge is -2.09. The zero-order valence-corrected chi connectivity index (χ0v) is 19.5. The van der Waals surface area contributed by atoms with E-state index >= 15 is 0 Å². The highest BCUT2D eigenvalue weighted by Crippen LogP contribution is 2.23. The molecule has 2 amide bonds. The number of amides is 2. The number of hydrazone groups is 1. The maximum atomic E-state index is 12.8. The maximum absolute atomic E-state index is 12.8. The first-order valence-electron chi connectivity index (χ1n) is 10.4. The van der Waals surface area contributed by atoms with Gasteiger partial charge in [-0.1, -0.05) is 76.6 Å². The molecule has 2 N–H and O–H groups in total. The molecule has 0 bridgehead atoms. The minimum atomic E-state index is -0.566. The highest BCUT2D eigenvalue weighted by atomic mass is 79.9. The number of halogens is 1. The molecule has 0 fully saturated rings. The summed E-state index contributed by atoms with van der Waals surface area (Å²) in [6, 6.07) is 29.2. The molecule has 7 heteroatoms. The molecule has 0 saturated heterocycles. The number of nitrogens with one attached hydrogen (secondary N) is 2. The first-order chi connectivity index (χ1) is 16.6. The molecule has 0 aliphatic heterocycles. The monoisotopic (exact) mass is 513 g/mol. The number of benzene rings is 3. The number of nitrogens with zero attached hydrogens (tertiary/aromatic N) is 1. The molecule has 1 heterocycles. The molecule has 0 spiro atoms. The van der Waals surface area contributed by atoms with Crippen molar-refractivity contribution in [1.29, 1.82) is 0 Å². The van der Waals surface area contributed by atoms with Crippen LogP contribution in [0.1, 0.15) is 21.7 Å². The van der Waals surface area contributed by atoms with Gasteiger partial charge in [-0.15, -0.1) is 0 Å². The smallest absolute Gasteiger partial charge is 0.287 e. The van der Waals surface area contributed by atoms with Crippen LogP contribution in [-0.4, -0.2) is 18.0 Å². The molecule has 0 aliphatic carbocycles. The Morgan fingerprint density at radius 1 is 0.824 bits per heavy atom. The van der Waals surface area contributed by atoms with Gasteiger partial charge in [0.15, 0.2) is 0 Å². The van der Waals surface area contributed by atoms with E-state index in [9.17, 15) is 9.59 Å². The summed E-state index contributed by atoms with van der Waals surface area (Å²) < 4.78 is 6.75. The fourth-order valence-electron chi connectivity index (χ4n) is 3.06. The zero-order chi connectivity index (χ0) is 23.8. The highest BCUT2D eigenvalue weighted by molar-refractivity contribution is 9.10. The van der Waals surface area contributed by atoms with E-state index in [4.69, 9.17) is 4.42 Å². The van der Waals surface area contributed by atoms with E-state index in [1.165, 1.54) is 6.21 Å². The van der Waals surface area contributed by atoms with Gasteiger partial charge in [0.1, 0.15) is 17.2 Å². The summed E-state index contributed by atoms with van der Waals surface area (Å²) in [7, 11) is 0. The Bertz CT molecular complexity index is 1330. The third-order valence-corrected chi connectivity index (χ3v) is 5.28. The predicted molar refractivity (Wildman–Crippen MR) is 136 cm³/mol. The lowest BCUT2D eigenvalue weighted by atomic mass is 10.1. The van der Waals surface area contributed by atoms with Gasteiger partial charge in [-0.2, -0.15) is 5.10 Å². The molecule has 0 saturated carbocycles. The fourth-order valence-corrected chi connectivity index (χ4v) is 3.33. The summed E-state index contributed by atoms with van der Waals surface area (Å²) in [4.78, 5) is 25.4. The maximum Gasteiger partial charge on any atom is 0.287 e. The van der Waals surface area contributed by atoms with Crippen LogP contribution in [0.3, 0.4) is 0 Å². The topological polar surface area (TPSA) is 83.7 Å². The number of carbonyl (C=O) groups excluding carboxylic acids is 2. The van der Waals surface area contributed by atoms with Crippen molar-refractivity contribution in [3.63, 3.8) is 0 Å². The molecule has 4 rings (SSSR count). The van der Waals surface area contributed by atoms with Crippen LogP contribution in [0.4, 0.5) is 0 Å². The molecule has 4 aromatic rings. The van der Waals surface area contributed by atoms with E-state index in [2.05, 4.69) is 31.8 Å². The van der Waals surface area contributed by atoms with Gasteiger partial charge in [-0.25, -0.2) is 5.43 Å². The second kappa shape index (κ2) is 11.1. The summed E-state index contributed by atoms with van der Waals surface area (Å²) in [5.74, 6) is 0.191. The highest BCUT2D eigenvalue weighted by Gasteiger charge is 2.14. The Hall–Kier alpha value is -4.23. The average molecular weight is 514 g/mol. The second-order valence-electron chi connectivity index (χ2n) is 7.20. The molecule has 0 unspecified atom stereocenters. The Labute approximate surface area is 205 Å². The van der Waals surface area contributed by atoms with Gasteiger partial charge >= 0.3 is 0 Å². The first kappa shape index (κ1) is 22.9. The molecule has 6 nitrogen and oxygen atoms in total. The Kier molecular flexibility index (Phi) is 7.47. The van der Waals surface area contributed by atoms with Crippen molar-refractivity contribution in [2.75, 3.05) is 0 Å². The molecule has 1 aromatic heterocycles. The Balaban J connectivity index is 1.47. The van der Waals surface area contributed by atoms with E-state index in [0.717, 1.165) is 15.6 Å². The zero-order valence-electron chi connectivity index (χ0n) is 17.9. The van der Waals surface area contributed by atoms with E-state index < -0.39 is 11.8 Å². The van der Waals surface area contributed by atoms with Crippen LogP contribution in [0.25, 0.3) is 17.4 Å². The van der Waals surface area contributed by atoms with Crippen LogP contribution in [0.15, 0.2) is 117 Å². The van der Waals surface area contributed by atoms with Crippen molar-refractivity contribution < 1.29 is 14.0 Å². The number of carbonyl (C=O) groups is 2. The molecule has 0 aliphatic rings. The molecule has 3 aromatic carbocycles. The number of hydrogen-bond acceptors (Lipinski definition) is 4. The standard InChI is InChI=1S/C27H20BrN3O3/c28-22-13-11-20(12-14-22)25-16-15-23(34-25)18-29-31-27(33)24(17-19-7-3-1-4-8-19)30-26(32)21-9-5-2-6-10-21/h1-18H,(H,30,32)(H,31,33)/b24-17+,29-18?. The molecule has 168 valence electrons. The Morgan fingerprint density at radius 2 is 1.50 bits per heavy atom. The van der Waals surface area contributed by atoms with Gasteiger partial charge in [-0.05, 0) is 48.0 Å². The van der Waals surface area contributed by atoms with Crippen molar-refractivity contribution in [3.8, 4) is 11.3 Å². The predicted octanol–water partition coefficient (Wildman–Crippen LogP) is 5.63. The average Bonchev–Trinajstić information content (AvgIpc) is 3.34. The van der Waals surface area contributed by atoms with Crippen LogP contribution in [-0.2, 0) is 4.79 Å². The van der Waals surface area contributed by atoms with Crippen LogP contribution >= 0.6 is 15.9 Å². The van der Waals surface area contributed by atoms with Gasteiger partial charge in [0.2, 0.25) is 0 Å². The van der Waals surface area contributed by atoms with Crippen LogP contribution in [0.2, 0.25) is 0 Å². The largest absolute Gasteiger partial charge is 0.455 e. The van der Waals surface area contributed by atoms with E-state index in [-0.39, 0.29) is 5.70 Å². The summed E-state index contributed by atoms with van der Waals surface area (Å²) in [5, 5.41) is 6.66. The molecular formula is C27H20BrN3O3. The summed E-state index contributed by atoms with van der Waals surface area (Å²) in [6.45, 7) is 0. The fraction of sp³-hybridized carbons (Fsp3) is 0. The molecule has 34 heavy (non-hydrogen) atoms. The quantitative estimate of drug-likeness (QED) is 0.191. The van der Waals surface area contributed by atoms with Crippen LogP contribution in [0, 0.1) is 0 Å².